The summed E-state index contributed by atoms with van der Waals surface area (Å²) in [5.74, 6) is 0. The van der Waals surface area contributed by atoms with E-state index in [0.717, 1.165) is 12.8 Å². The van der Waals surface area contributed by atoms with Crippen molar-refractivity contribution in [3.05, 3.63) is 10.4 Å². The van der Waals surface area contributed by atoms with E-state index in [9.17, 15) is 0 Å². The summed E-state index contributed by atoms with van der Waals surface area (Å²) in [5, 5.41) is 15.3. The molecule has 1 atom stereocenters. The van der Waals surface area contributed by atoms with Crippen LogP contribution < -0.4 is 5.32 Å². The smallest absolute Gasteiger partial charge is 0.0952 e. The molecular formula is C11H21N5. The molecule has 0 aliphatic heterocycles. The SMILES string of the molecule is CCCCCCCC(C#N)NCCN=[N+]=[N-]. The van der Waals surface area contributed by atoms with E-state index in [0.29, 0.717) is 13.1 Å². The van der Waals surface area contributed by atoms with Crippen molar-refractivity contribution in [2.24, 2.45) is 5.11 Å². The molecule has 1 N–H and O–H groups in total. The Morgan fingerprint density at radius 1 is 1.38 bits per heavy atom. The Labute approximate surface area is 97.5 Å². The van der Waals surface area contributed by atoms with Gasteiger partial charge in [-0.05, 0) is 12.0 Å². The maximum absolute atomic E-state index is 8.87. The van der Waals surface area contributed by atoms with Gasteiger partial charge in [-0.15, -0.1) is 0 Å². The first-order chi connectivity index (χ1) is 7.85. The number of nitrogens with zero attached hydrogens (tertiary/aromatic N) is 4. The minimum absolute atomic E-state index is 0.101. The van der Waals surface area contributed by atoms with Crippen molar-refractivity contribution >= 4 is 0 Å². The van der Waals surface area contributed by atoms with E-state index in [2.05, 4.69) is 28.3 Å². The maximum atomic E-state index is 8.87. The molecule has 0 rings (SSSR count). The van der Waals surface area contributed by atoms with Crippen LogP contribution >= 0.6 is 0 Å². The molecule has 0 radical (unpaired) electrons. The second-order valence-corrected chi connectivity index (χ2v) is 3.79. The highest BCUT2D eigenvalue weighted by molar-refractivity contribution is 4.89. The summed E-state index contributed by atoms with van der Waals surface area (Å²) in [4.78, 5) is 2.66. The average Bonchev–Trinajstić information content (AvgIpc) is 2.31. The summed E-state index contributed by atoms with van der Waals surface area (Å²) in [6.07, 6.45) is 6.95. The fourth-order valence-electron chi connectivity index (χ4n) is 1.50. The van der Waals surface area contributed by atoms with Crippen LogP contribution in [0.25, 0.3) is 10.4 Å². The van der Waals surface area contributed by atoms with E-state index >= 15 is 0 Å². The van der Waals surface area contributed by atoms with Crippen molar-refractivity contribution in [2.75, 3.05) is 13.1 Å². The molecule has 0 aromatic heterocycles. The van der Waals surface area contributed by atoms with E-state index in [1.807, 2.05) is 0 Å². The maximum Gasteiger partial charge on any atom is 0.0952 e. The molecule has 1 unspecified atom stereocenters. The van der Waals surface area contributed by atoms with Crippen LogP contribution in [0.2, 0.25) is 0 Å². The molecule has 0 aromatic rings. The van der Waals surface area contributed by atoms with Gasteiger partial charge in [-0.2, -0.15) is 5.26 Å². The summed E-state index contributed by atoms with van der Waals surface area (Å²) in [7, 11) is 0. The molecule has 0 fully saturated rings. The van der Waals surface area contributed by atoms with Crippen LogP contribution in [0.5, 0.6) is 0 Å². The van der Waals surface area contributed by atoms with Crippen LogP contribution in [-0.4, -0.2) is 19.1 Å². The number of rotatable bonds is 10. The molecule has 5 heteroatoms. The van der Waals surface area contributed by atoms with Gasteiger partial charge in [-0.3, -0.25) is 0 Å². The standard InChI is InChI=1S/C11H21N5/c1-2-3-4-5-6-7-11(10-12)14-8-9-15-16-13/h11,14H,2-9H2,1H3. The zero-order valence-corrected chi connectivity index (χ0v) is 10.0. The van der Waals surface area contributed by atoms with Gasteiger partial charge in [0.05, 0.1) is 12.1 Å². The van der Waals surface area contributed by atoms with Crippen molar-refractivity contribution in [3.63, 3.8) is 0 Å². The molecule has 0 aliphatic carbocycles. The lowest BCUT2D eigenvalue weighted by molar-refractivity contribution is 0.523. The largest absolute Gasteiger partial charge is 0.302 e. The lowest BCUT2D eigenvalue weighted by atomic mass is 10.1. The van der Waals surface area contributed by atoms with E-state index in [4.69, 9.17) is 10.8 Å². The molecule has 0 aliphatic rings. The Kier molecular flexibility index (Phi) is 10.9. The van der Waals surface area contributed by atoms with Gasteiger partial charge in [0.25, 0.3) is 0 Å². The van der Waals surface area contributed by atoms with Gasteiger partial charge in [0.2, 0.25) is 0 Å². The predicted molar refractivity (Wildman–Crippen MR) is 64.8 cm³/mol. The summed E-state index contributed by atoms with van der Waals surface area (Å²) < 4.78 is 0. The second-order valence-electron chi connectivity index (χ2n) is 3.79. The Balaban J connectivity index is 3.44. The van der Waals surface area contributed by atoms with Gasteiger partial charge in [0, 0.05) is 18.0 Å². The molecule has 0 heterocycles. The van der Waals surface area contributed by atoms with Gasteiger partial charge in [-0.1, -0.05) is 44.1 Å². The summed E-state index contributed by atoms with van der Waals surface area (Å²) >= 11 is 0. The molecule has 0 saturated carbocycles. The highest BCUT2D eigenvalue weighted by Crippen LogP contribution is 2.06. The van der Waals surface area contributed by atoms with Crippen molar-refractivity contribution in [3.8, 4) is 6.07 Å². The van der Waals surface area contributed by atoms with E-state index in [1.165, 1.54) is 25.7 Å². The molecule has 16 heavy (non-hydrogen) atoms. The Bertz CT molecular complexity index is 239. The molecule has 0 bridgehead atoms. The average molecular weight is 223 g/mol. The zero-order chi connectivity index (χ0) is 12.1. The molecule has 90 valence electrons. The zero-order valence-electron chi connectivity index (χ0n) is 10.0. The number of hydrogen-bond acceptors (Lipinski definition) is 3. The summed E-state index contributed by atoms with van der Waals surface area (Å²) in [6, 6.07) is 2.12. The first-order valence-corrected chi connectivity index (χ1v) is 5.99. The highest BCUT2D eigenvalue weighted by atomic mass is 15.1. The quantitative estimate of drug-likeness (QED) is 0.267. The monoisotopic (exact) mass is 223 g/mol. The van der Waals surface area contributed by atoms with Gasteiger partial charge in [0.15, 0.2) is 0 Å². The van der Waals surface area contributed by atoms with Gasteiger partial charge < -0.3 is 5.32 Å². The van der Waals surface area contributed by atoms with Crippen molar-refractivity contribution < 1.29 is 0 Å². The van der Waals surface area contributed by atoms with Crippen LogP contribution in [0, 0.1) is 11.3 Å². The fourth-order valence-corrected chi connectivity index (χ4v) is 1.50. The lowest BCUT2D eigenvalue weighted by Crippen LogP contribution is -2.29. The minimum atomic E-state index is -0.101. The molecule has 0 aromatic carbocycles. The Morgan fingerprint density at radius 2 is 2.12 bits per heavy atom. The normalized spacial score (nSPS) is 11.5. The summed E-state index contributed by atoms with van der Waals surface area (Å²) in [5.41, 5.74) is 8.08. The molecule has 0 spiro atoms. The van der Waals surface area contributed by atoms with Crippen molar-refractivity contribution in [1.29, 1.82) is 5.26 Å². The first kappa shape index (κ1) is 14.8. The molecular weight excluding hydrogens is 202 g/mol. The van der Waals surface area contributed by atoms with Crippen molar-refractivity contribution in [1.82, 2.24) is 5.32 Å². The van der Waals surface area contributed by atoms with E-state index in [-0.39, 0.29) is 6.04 Å². The second kappa shape index (κ2) is 11.8. The van der Waals surface area contributed by atoms with Crippen LogP contribution in [0.4, 0.5) is 0 Å². The van der Waals surface area contributed by atoms with Crippen molar-refractivity contribution in [2.45, 2.75) is 51.5 Å². The van der Waals surface area contributed by atoms with Crippen LogP contribution in [0.3, 0.4) is 0 Å². The fraction of sp³-hybridized carbons (Fsp3) is 0.909. The number of unbranched alkanes of at least 4 members (excludes halogenated alkanes) is 4. The number of hydrogen-bond donors (Lipinski definition) is 1. The first-order valence-electron chi connectivity index (χ1n) is 5.99. The van der Waals surface area contributed by atoms with Crippen LogP contribution in [0.15, 0.2) is 5.11 Å². The van der Waals surface area contributed by atoms with Gasteiger partial charge in [0.1, 0.15) is 0 Å². The number of nitrogens with one attached hydrogen (secondary N) is 1. The minimum Gasteiger partial charge on any atom is -0.302 e. The lowest BCUT2D eigenvalue weighted by Gasteiger charge is -2.09. The van der Waals surface area contributed by atoms with E-state index < -0.39 is 0 Å². The summed E-state index contributed by atoms with van der Waals surface area (Å²) in [6.45, 7) is 3.18. The predicted octanol–water partition coefficient (Wildman–Crippen LogP) is 3.14. The van der Waals surface area contributed by atoms with Crippen LogP contribution in [-0.2, 0) is 0 Å². The third kappa shape index (κ3) is 9.32. The number of nitriles is 1. The Morgan fingerprint density at radius 3 is 2.75 bits per heavy atom. The van der Waals surface area contributed by atoms with Gasteiger partial charge in [-0.25, -0.2) is 0 Å². The molecule has 0 amide bonds. The topological polar surface area (TPSA) is 84.6 Å². The molecule has 5 nitrogen and oxygen atoms in total. The van der Waals surface area contributed by atoms with E-state index in [1.54, 1.807) is 0 Å². The molecule has 0 saturated heterocycles. The third-order valence-corrected chi connectivity index (χ3v) is 2.42. The van der Waals surface area contributed by atoms with Crippen LogP contribution in [0.1, 0.15) is 45.4 Å². The number of azide groups is 1. The highest BCUT2D eigenvalue weighted by Gasteiger charge is 2.04. The Hall–Kier alpha value is -1.24. The third-order valence-electron chi connectivity index (χ3n) is 2.42. The van der Waals surface area contributed by atoms with Gasteiger partial charge >= 0.3 is 0 Å².